The summed E-state index contributed by atoms with van der Waals surface area (Å²) < 4.78 is 5.48. The quantitative estimate of drug-likeness (QED) is 0.517. The lowest BCUT2D eigenvalue weighted by Crippen LogP contribution is -2.22. The fraction of sp³-hybridized carbons (Fsp3) is 1.00. The van der Waals surface area contributed by atoms with E-state index >= 15 is 0 Å². The van der Waals surface area contributed by atoms with Crippen LogP contribution in [0.5, 0.6) is 0 Å². The van der Waals surface area contributed by atoms with Crippen LogP contribution >= 0.6 is 11.8 Å². The Morgan fingerprint density at radius 1 is 1.44 bits per heavy atom. The van der Waals surface area contributed by atoms with Crippen molar-refractivity contribution >= 4 is 11.8 Å². The molecule has 1 unspecified atom stereocenters. The lowest BCUT2D eigenvalue weighted by atomic mass is 9.98. The summed E-state index contributed by atoms with van der Waals surface area (Å²) in [7, 11) is 0. The molecule has 0 aromatic carbocycles. The van der Waals surface area contributed by atoms with Crippen LogP contribution in [-0.4, -0.2) is 17.8 Å². The van der Waals surface area contributed by atoms with Gasteiger partial charge in [0.1, 0.15) is 5.44 Å². The second-order valence-electron chi connectivity index (χ2n) is 3.44. The van der Waals surface area contributed by atoms with Crippen molar-refractivity contribution in [2.45, 2.75) is 26.2 Å². The van der Waals surface area contributed by atoms with Crippen molar-refractivity contribution in [2.24, 2.45) is 5.41 Å². The van der Waals surface area contributed by atoms with E-state index in [1.165, 1.54) is 5.75 Å². The second-order valence-corrected chi connectivity index (χ2v) is 4.61. The Hall–Kier alpha value is 0.310. The maximum Gasteiger partial charge on any atom is 0.108 e. The Morgan fingerprint density at radius 2 is 2.11 bits per heavy atom. The maximum absolute atomic E-state index is 5.48. The highest BCUT2D eigenvalue weighted by molar-refractivity contribution is 8.00. The Labute approximate surface area is 61.2 Å². The molecule has 0 saturated carbocycles. The van der Waals surface area contributed by atoms with Crippen LogP contribution in [0.25, 0.3) is 0 Å². The lowest BCUT2D eigenvalue weighted by Gasteiger charge is -2.24. The van der Waals surface area contributed by atoms with Gasteiger partial charge in [-0.2, -0.15) is 0 Å². The molecular weight excluding hydrogens is 132 g/mol. The molecule has 1 saturated heterocycles. The first-order valence-corrected chi connectivity index (χ1v) is 4.39. The molecule has 1 rings (SSSR count). The highest BCUT2D eigenvalue weighted by atomic mass is 32.2. The van der Waals surface area contributed by atoms with Crippen molar-refractivity contribution in [1.29, 1.82) is 0 Å². The lowest BCUT2D eigenvalue weighted by molar-refractivity contribution is 0.0679. The van der Waals surface area contributed by atoms with Crippen molar-refractivity contribution in [3.63, 3.8) is 0 Å². The number of thioether (sulfide) groups is 1. The van der Waals surface area contributed by atoms with E-state index in [0.29, 0.717) is 10.9 Å². The third kappa shape index (κ3) is 1.87. The largest absolute Gasteiger partial charge is 0.366 e. The van der Waals surface area contributed by atoms with Crippen molar-refractivity contribution in [3.8, 4) is 0 Å². The average molecular weight is 146 g/mol. The molecule has 0 aliphatic carbocycles. The van der Waals surface area contributed by atoms with E-state index in [2.05, 4.69) is 20.8 Å². The predicted octanol–water partition coefficient (Wildman–Crippen LogP) is 2.12. The third-order valence-corrected chi connectivity index (χ3v) is 2.88. The molecule has 1 atom stereocenters. The van der Waals surface area contributed by atoms with Crippen molar-refractivity contribution in [3.05, 3.63) is 0 Å². The van der Waals surface area contributed by atoms with Crippen LogP contribution in [0.15, 0.2) is 0 Å². The summed E-state index contributed by atoms with van der Waals surface area (Å²) in [6, 6.07) is 0. The number of rotatable bonds is 0. The van der Waals surface area contributed by atoms with Gasteiger partial charge in [0, 0.05) is 5.75 Å². The van der Waals surface area contributed by atoms with E-state index in [-0.39, 0.29) is 0 Å². The summed E-state index contributed by atoms with van der Waals surface area (Å²) in [5.74, 6) is 1.17. The van der Waals surface area contributed by atoms with E-state index in [9.17, 15) is 0 Å². The first kappa shape index (κ1) is 7.42. The van der Waals surface area contributed by atoms with Gasteiger partial charge in [0.25, 0.3) is 0 Å². The zero-order valence-corrected chi connectivity index (χ0v) is 7.12. The van der Waals surface area contributed by atoms with Gasteiger partial charge in [0.2, 0.25) is 0 Å². The normalized spacial score (nSPS) is 29.0. The SMILES string of the molecule is CC(C)(C)C1OCCS1. The summed E-state index contributed by atoms with van der Waals surface area (Å²) in [5, 5.41) is 0. The standard InChI is InChI=1S/C7H14OS/c1-7(2,3)6-8-4-5-9-6/h6H,4-5H2,1-3H3. The van der Waals surface area contributed by atoms with Gasteiger partial charge in [-0.3, -0.25) is 0 Å². The van der Waals surface area contributed by atoms with Crippen molar-refractivity contribution in [1.82, 2.24) is 0 Å². The Balaban J connectivity index is 2.42. The molecule has 2 heteroatoms. The molecule has 0 spiro atoms. The minimum absolute atomic E-state index is 0.321. The van der Waals surface area contributed by atoms with E-state index in [4.69, 9.17) is 4.74 Å². The molecule has 1 aliphatic rings. The Bertz CT molecular complexity index is 89.6. The average Bonchev–Trinajstić information content (AvgIpc) is 2.08. The summed E-state index contributed by atoms with van der Waals surface area (Å²) >= 11 is 1.93. The molecular formula is C7H14OS. The van der Waals surface area contributed by atoms with Crippen LogP contribution in [0, 0.1) is 5.41 Å². The maximum atomic E-state index is 5.48. The van der Waals surface area contributed by atoms with Gasteiger partial charge in [-0.1, -0.05) is 20.8 Å². The first-order valence-electron chi connectivity index (χ1n) is 3.34. The van der Waals surface area contributed by atoms with E-state index < -0.39 is 0 Å². The highest BCUT2D eigenvalue weighted by Gasteiger charge is 2.28. The molecule has 1 nitrogen and oxygen atoms in total. The van der Waals surface area contributed by atoms with Crippen LogP contribution in [0.1, 0.15) is 20.8 Å². The van der Waals surface area contributed by atoms with Crippen molar-refractivity contribution < 1.29 is 4.74 Å². The molecule has 0 aromatic rings. The Kier molecular flexibility index (Phi) is 2.07. The molecule has 0 N–H and O–H groups in total. The minimum Gasteiger partial charge on any atom is -0.366 e. The molecule has 0 amide bonds. The van der Waals surface area contributed by atoms with Crippen LogP contribution in [0.3, 0.4) is 0 Å². The monoisotopic (exact) mass is 146 g/mol. The summed E-state index contributed by atoms with van der Waals surface area (Å²) in [6.07, 6.45) is 0. The fourth-order valence-corrected chi connectivity index (χ4v) is 1.96. The van der Waals surface area contributed by atoms with Crippen LogP contribution in [-0.2, 0) is 4.74 Å². The third-order valence-electron chi connectivity index (χ3n) is 1.33. The molecule has 54 valence electrons. The van der Waals surface area contributed by atoms with Gasteiger partial charge in [0.05, 0.1) is 6.61 Å². The van der Waals surface area contributed by atoms with E-state index in [1.54, 1.807) is 0 Å². The first-order chi connectivity index (χ1) is 4.11. The topological polar surface area (TPSA) is 9.23 Å². The minimum atomic E-state index is 0.321. The molecule has 0 bridgehead atoms. The van der Waals surface area contributed by atoms with Crippen LogP contribution in [0.4, 0.5) is 0 Å². The summed E-state index contributed by atoms with van der Waals surface area (Å²) in [6.45, 7) is 7.59. The second kappa shape index (κ2) is 2.51. The fourth-order valence-electron chi connectivity index (χ4n) is 0.858. The predicted molar refractivity (Wildman–Crippen MR) is 41.7 cm³/mol. The molecule has 1 fully saturated rings. The number of ether oxygens (including phenoxy) is 1. The molecule has 1 heterocycles. The van der Waals surface area contributed by atoms with Gasteiger partial charge < -0.3 is 4.74 Å². The van der Waals surface area contributed by atoms with Gasteiger partial charge in [-0.25, -0.2) is 0 Å². The van der Waals surface area contributed by atoms with Crippen LogP contribution in [0.2, 0.25) is 0 Å². The van der Waals surface area contributed by atoms with E-state index in [0.717, 1.165) is 6.61 Å². The summed E-state index contributed by atoms with van der Waals surface area (Å²) in [5.41, 5.74) is 0.749. The number of hydrogen-bond donors (Lipinski definition) is 0. The molecule has 9 heavy (non-hydrogen) atoms. The highest BCUT2D eigenvalue weighted by Crippen LogP contribution is 2.34. The molecule has 0 radical (unpaired) electrons. The van der Waals surface area contributed by atoms with Crippen molar-refractivity contribution in [2.75, 3.05) is 12.4 Å². The molecule has 0 aromatic heterocycles. The smallest absolute Gasteiger partial charge is 0.108 e. The van der Waals surface area contributed by atoms with Gasteiger partial charge in [-0.15, -0.1) is 11.8 Å². The zero-order chi connectivity index (χ0) is 6.91. The van der Waals surface area contributed by atoms with E-state index in [1.807, 2.05) is 11.8 Å². The van der Waals surface area contributed by atoms with Gasteiger partial charge in [0.15, 0.2) is 0 Å². The van der Waals surface area contributed by atoms with Crippen LogP contribution < -0.4 is 0 Å². The number of hydrogen-bond acceptors (Lipinski definition) is 2. The van der Waals surface area contributed by atoms with Gasteiger partial charge >= 0.3 is 0 Å². The molecule has 1 aliphatic heterocycles. The van der Waals surface area contributed by atoms with Gasteiger partial charge in [-0.05, 0) is 5.41 Å². The summed E-state index contributed by atoms with van der Waals surface area (Å²) in [4.78, 5) is 0. The Morgan fingerprint density at radius 3 is 2.33 bits per heavy atom. The zero-order valence-electron chi connectivity index (χ0n) is 6.31.